The Balaban J connectivity index is 2.98. The van der Waals surface area contributed by atoms with E-state index >= 15 is 0 Å². The van der Waals surface area contributed by atoms with Crippen LogP contribution in [0.3, 0.4) is 0 Å². The van der Waals surface area contributed by atoms with Crippen molar-refractivity contribution < 1.29 is 4.92 Å². The molecule has 0 N–H and O–H groups in total. The van der Waals surface area contributed by atoms with E-state index in [9.17, 15) is 10.1 Å². The van der Waals surface area contributed by atoms with E-state index in [2.05, 4.69) is 0 Å². The third-order valence-electron chi connectivity index (χ3n) is 1.43. The third kappa shape index (κ3) is 2.60. The van der Waals surface area contributed by atoms with Crippen LogP contribution in [0.4, 0.5) is 5.69 Å². The molecule has 0 radical (unpaired) electrons. The third-order valence-corrected chi connectivity index (χ3v) is 2.61. The number of nitro benzene ring substituents is 1. The molecule has 0 aliphatic carbocycles. The molecule has 13 heavy (non-hydrogen) atoms. The highest BCUT2D eigenvalue weighted by atomic mass is 35.5. The van der Waals surface area contributed by atoms with Crippen LogP contribution in [0, 0.1) is 10.1 Å². The Labute approximate surface area is 85.2 Å². The molecule has 0 aliphatic heterocycles. The molecule has 0 bridgehead atoms. The van der Waals surface area contributed by atoms with Crippen LogP contribution in [-0.2, 0) is 0 Å². The van der Waals surface area contributed by atoms with Crippen molar-refractivity contribution in [2.45, 2.75) is 11.8 Å². The molecule has 1 aromatic rings. The molecule has 0 atom stereocenters. The number of rotatable bonds is 3. The van der Waals surface area contributed by atoms with E-state index in [0.717, 1.165) is 10.6 Å². The van der Waals surface area contributed by atoms with Gasteiger partial charge in [0.05, 0.1) is 4.92 Å². The lowest BCUT2D eigenvalue weighted by atomic mass is 10.3. The number of hydrogen-bond acceptors (Lipinski definition) is 3. The molecule has 0 unspecified atom stereocenters. The summed E-state index contributed by atoms with van der Waals surface area (Å²) in [7, 11) is 0. The molecular weight excluding hydrogens is 210 g/mol. The first-order chi connectivity index (χ1) is 6.15. The molecular formula is C8H8ClNO2S. The monoisotopic (exact) mass is 217 g/mol. The van der Waals surface area contributed by atoms with Crippen LogP contribution in [0.2, 0.25) is 5.02 Å². The van der Waals surface area contributed by atoms with Crippen molar-refractivity contribution in [2.75, 3.05) is 5.75 Å². The minimum Gasteiger partial charge on any atom is -0.258 e. The van der Waals surface area contributed by atoms with E-state index in [0.29, 0.717) is 0 Å². The van der Waals surface area contributed by atoms with Crippen molar-refractivity contribution in [3.8, 4) is 0 Å². The highest BCUT2D eigenvalue weighted by molar-refractivity contribution is 7.99. The summed E-state index contributed by atoms with van der Waals surface area (Å²) in [4.78, 5) is 10.9. The Morgan fingerprint density at radius 1 is 1.62 bits per heavy atom. The number of thioether (sulfide) groups is 1. The fourth-order valence-corrected chi connectivity index (χ4v) is 1.91. The van der Waals surface area contributed by atoms with Crippen LogP contribution >= 0.6 is 23.4 Å². The first-order valence-electron chi connectivity index (χ1n) is 3.72. The predicted molar refractivity (Wildman–Crippen MR) is 54.5 cm³/mol. The maximum atomic E-state index is 10.4. The number of nitrogens with zero attached hydrogens (tertiary/aromatic N) is 1. The number of hydrogen-bond donors (Lipinski definition) is 0. The van der Waals surface area contributed by atoms with Gasteiger partial charge in [0.2, 0.25) is 0 Å². The van der Waals surface area contributed by atoms with E-state index in [1.54, 1.807) is 23.9 Å². The normalized spacial score (nSPS) is 10.0. The van der Waals surface area contributed by atoms with E-state index < -0.39 is 4.92 Å². The first kappa shape index (κ1) is 10.3. The Kier molecular flexibility index (Phi) is 3.57. The first-order valence-corrected chi connectivity index (χ1v) is 5.08. The van der Waals surface area contributed by atoms with Crippen LogP contribution in [0.1, 0.15) is 6.92 Å². The van der Waals surface area contributed by atoms with E-state index in [4.69, 9.17) is 11.6 Å². The van der Waals surface area contributed by atoms with Gasteiger partial charge < -0.3 is 0 Å². The molecule has 0 saturated carbocycles. The van der Waals surface area contributed by atoms with Gasteiger partial charge in [-0.3, -0.25) is 10.1 Å². The van der Waals surface area contributed by atoms with Crippen molar-refractivity contribution in [1.29, 1.82) is 0 Å². The second-order valence-electron chi connectivity index (χ2n) is 2.30. The van der Waals surface area contributed by atoms with Crippen molar-refractivity contribution in [3.05, 3.63) is 33.3 Å². The summed E-state index contributed by atoms with van der Waals surface area (Å²) in [6, 6.07) is 4.76. The molecule has 3 nitrogen and oxygen atoms in total. The quantitative estimate of drug-likeness (QED) is 0.443. The highest BCUT2D eigenvalue weighted by Crippen LogP contribution is 2.29. The lowest BCUT2D eigenvalue weighted by molar-refractivity contribution is -0.384. The van der Waals surface area contributed by atoms with Crippen LogP contribution in [0.15, 0.2) is 23.1 Å². The van der Waals surface area contributed by atoms with E-state index in [1.165, 1.54) is 6.07 Å². The smallest absolute Gasteiger partial charge is 0.258 e. The Morgan fingerprint density at radius 3 is 2.77 bits per heavy atom. The summed E-state index contributed by atoms with van der Waals surface area (Å²) >= 11 is 7.31. The van der Waals surface area contributed by atoms with Gasteiger partial charge in [-0.2, -0.15) is 0 Å². The predicted octanol–water partition coefficient (Wildman–Crippen LogP) is 3.36. The van der Waals surface area contributed by atoms with Crippen molar-refractivity contribution in [2.24, 2.45) is 0 Å². The summed E-state index contributed by atoms with van der Waals surface area (Å²) in [5, 5.41) is 10.6. The summed E-state index contributed by atoms with van der Waals surface area (Å²) in [5.41, 5.74) is -0.0397. The van der Waals surface area contributed by atoms with Crippen LogP contribution < -0.4 is 0 Å². The zero-order valence-electron chi connectivity index (χ0n) is 6.99. The van der Waals surface area contributed by atoms with Gasteiger partial charge in [-0.05, 0) is 17.9 Å². The summed E-state index contributed by atoms with van der Waals surface area (Å²) in [5.74, 6) is 0.925. The maximum absolute atomic E-state index is 10.4. The minimum atomic E-state index is -0.483. The fraction of sp³-hybridized carbons (Fsp3) is 0.250. The molecule has 0 aromatic heterocycles. The zero-order valence-corrected chi connectivity index (χ0v) is 8.56. The molecule has 0 aliphatic rings. The Bertz CT molecular complexity index is 330. The molecule has 5 heteroatoms. The molecule has 0 fully saturated rings. The molecule has 0 spiro atoms. The average molecular weight is 218 g/mol. The average Bonchev–Trinajstić information content (AvgIpc) is 2.04. The molecule has 0 saturated heterocycles. The van der Waals surface area contributed by atoms with Gasteiger partial charge in [0.1, 0.15) is 5.02 Å². The fourth-order valence-electron chi connectivity index (χ4n) is 0.892. The molecule has 70 valence electrons. The summed E-state index contributed by atoms with van der Waals surface area (Å²) in [6.07, 6.45) is 0. The molecule has 0 heterocycles. The van der Waals surface area contributed by atoms with Gasteiger partial charge in [0.15, 0.2) is 0 Å². The topological polar surface area (TPSA) is 43.1 Å². The second-order valence-corrected chi connectivity index (χ2v) is 4.05. The number of halogens is 1. The van der Waals surface area contributed by atoms with Gasteiger partial charge >= 0.3 is 0 Å². The van der Waals surface area contributed by atoms with Gasteiger partial charge in [-0.1, -0.05) is 18.5 Å². The minimum absolute atomic E-state index is 0.0397. The number of benzene rings is 1. The van der Waals surface area contributed by atoms with Gasteiger partial charge in [0.25, 0.3) is 5.69 Å². The van der Waals surface area contributed by atoms with Crippen molar-refractivity contribution in [3.63, 3.8) is 0 Å². The Hall–Kier alpha value is -0.740. The van der Waals surface area contributed by atoms with Crippen LogP contribution in [-0.4, -0.2) is 10.7 Å². The standard InChI is InChI=1S/C8H8ClNO2S/c1-2-13-6-3-4-8(10(11)12)7(9)5-6/h3-5H,2H2,1H3. The van der Waals surface area contributed by atoms with Crippen LogP contribution in [0.5, 0.6) is 0 Å². The lowest BCUT2D eigenvalue weighted by Gasteiger charge is -1.99. The van der Waals surface area contributed by atoms with Gasteiger partial charge in [-0.15, -0.1) is 11.8 Å². The van der Waals surface area contributed by atoms with Crippen molar-refractivity contribution >= 4 is 29.1 Å². The zero-order chi connectivity index (χ0) is 9.84. The molecule has 0 amide bonds. The van der Waals surface area contributed by atoms with Gasteiger partial charge in [0, 0.05) is 11.0 Å². The van der Waals surface area contributed by atoms with E-state index in [-0.39, 0.29) is 10.7 Å². The molecule has 1 aromatic carbocycles. The SMILES string of the molecule is CCSc1ccc([N+](=O)[O-])c(Cl)c1. The summed E-state index contributed by atoms with van der Waals surface area (Å²) in [6.45, 7) is 2.01. The van der Waals surface area contributed by atoms with Gasteiger partial charge in [-0.25, -0.2) is 0 Å². The maximum Gasteiger partial charge on any atom is 0.287 e. The molecule has 1 rings (SSSR count). The summed E-state index contributed by atoms with van der Waals surface area (Å²) < 4.78 is 0. The van der Waals surface area contributed by atoms with E-state index in [1.807, 2.05) is 6.92 Å². The second kappa shape index (κ2) is 4.48. The Morgan fingerprint density at radius 2 is 2.31 bits per heavy atom. The van der Waals surface area contributed by atoms with Crippen LogP contribution in [0.25, 0.3) is 0 Å². The highest BCUT2D eigenvalue weighted by Gasteiger charge is 2.11. The lowest BCUT2D eigenvalue weighted by Crippen LogP contribution is -1.88. The number of nitro groups is 1. The largest absolute Gasteiger partial charge is 0.287 e. The van der Waals surface area contributed by atoms with Crippen molar-refractivity contribution in [1.82, 2.24) is 0 Å².